The Labute approximate surface area is 191 Å². The van der Waals surface area contributed by atoms with Gasteiger partial charge in [0.2, 0.25) is 10.0 Å². The van der Waals surface area contributed by atoms with Gasteiger partial charge in [0.25, 0.3) is 10.2 Å². The molecule has 0 N–H and O–H groups in total. The summed E-state index contributed by atoms with van der Waals surface area (Å²) in [4.78, 5) is 2.50. The van der Waals surface area contributed by atoms with E-state index in [1.807, 2.05) is 30.3 Å². The number of benzene rings is 2. The maximum absolute atomic E-state index is 13.1. The number of sulfonamides is 1. The Morgan fingerprint density at radius 1 is 0.781 bits per heavy atom. The van der Waals surface area contributed by atoms with Crippen LogP contribution in [0.25, 0.3) is 0 Å². The summed E-state index contributed by atoms with van der Waals surface area (Å²) < 4.78 is 55.1. The smallest absolute Gasteiger partial charge is 0.281 e. The molecule has 2 heterocycles. The molecule has 8 nitrogen and oxygen atoms in total. The van der Waals surface area contributed by atoms with Crippen molar-refractivity contribution in [2.24, 2.45) is 0 Å². The SMILES string of the molecule is CN(C)S(=O)(=O)N1CCN(Cc2ccc(S(=O)(=O)N3CCc4ccccc4C3)cc2)CC1. The molecular weight excluding hydrogens is 448 g/mol. The molecule has 174 valence electrons. The molecule has 4 rings (SSSR count). The van der Waals surface area contributed by atoms with Crippen molar-refractivity contribution in [3.05, 3.63) is 65.2 Å². The predicted molar refractivity (Wildman–Crippen MR) is 124 cm³/mol. The minimum absolute atomic E-state index is 0.308. The molecule has 0 bridgehead atoms. The molecule has 0 amide bonds. The van der Waals surface area contributed by atoms with E-state index < -0.39 is 20.2 Å². The molecule has 0 spiro atoms. The number of nitrogens with zero attached hydrogens (tertiary/aromatic N) is 4. The summed E-state index contributed by atoms with van der Waals surface area (Å²) in [7, 11) is -3.84. The van der Waals surface area contributed by atoms with Gasteiger partial charge in [0.15, 0.2) is 0 Å². The fourth-order valence-electron chi connectivity index (χ4n) is 4.20. The first-order valence-electron chi connectivity index (χ1n) is 10.7. The third kappa shape index (κ3) is 4.75. The highest BCUT2D eigenvalue weighted by molar-refractivity contribution is 7.89. The van der Waals surface area contributed by atoms with Crippen LogP contribution < -0.4 is 0 Å². The molecule has 0 radical (unpaired) electrons. The van der Waals surface area contributed by atoms with E-state index in [0.29, 0.717) is 50.7 Å². The topological polar surface area (TPSA) is 81.2 Å². The van der Waals surface area contributed by atoms with Crippen LogP contribution in [-0.2, 0) is 39.7 Å². The molecule has 0 atom stereocenters. The highest BCUT2D eigenvalue weighted by atomic mass is 32.2. The average Bonchev–Trinajstić information content (AvgIpc) is 2.79. The second-order valence-corrected chi connectivity index (χ2v) is 12.5. The minimum Gasteiger partial charge on any atom is -0.296 e. The highest BCUT2D eigenvalue weighted by Gasteiger charge is 2.30. The van der Waals surface area contributed by atoms with Crippen molar-refractivity contribution in [3.8, 4) is 0 Å². The number of fused-ring (bicyclic) bond motifs is 1. The Balaban J connectivity index is 1.38. The Hall–Kier alpha value is -1.82. The van der Waals surface area contributed by atoms with Gasteiger partial charge in [-0.1, -0.05) is 36.4 Å². The molecule has 2 aromatic carbocycles. The average molecular weight is 479 g/mol. The van der Waals surface area contributed by atoms with Crippen LogP contribution in [0, 0.1) is 0 Å². The van der Waals surface area contributed by atoms with Gasteiger partial charge < -0.3 is 0 Å². The van der Waals surface area contributed by atoms with Gasteiger partial charge in [0, 0.05) is 59.9 Å². The quantitative estimate of drug-likeness (QED) is 0.626. The van der Waals surface area contributed by atoms with Crippen molar-refractivity contribution < 1.29 is 16.8 Å². The van der Waals surface area contributed by atoms with E-state index in [4.69, 9.17) is 0 Å². The van der Waals surface area contributed by atoms with Crippen molar-refractivity contribution in [1.82, 2.24) is 17.8 Å². The Kier molecular flexibility index (Phi) is 6.71. The number of hydrogen-bond donors (Lipinski definition) is 0. The fourth-order valence-corrected chi connectivity index (χ4v) is 6.70. The first-order chi connectivity index (χ1) is 15.2. The fraction of sp³-hybridized carbons (Fsp3) is 0.455. The summed E-state index contributed by atoms with van der Waals surface area (Å²) in [6.07, 6.45) is 0.725. The lowest BCUT2D eigenvalue weighted by Crippen LogP contribution is -2.51. The van der Waals surface area contributed by atoms with E-state index in [0.717, 1.165) is 17.5 Å². The maximum Gasteiger partial charge on any atom is 0.281 e. The summed E-state index contributed by atoms with van der Waals surface area (Å²) in [6.45, 7) is 3.72. The van der Waals surface area contributed by atoms with Gasteiger partial charge in [-0.25, -0.2) is 8.42 Å². The molecule has 1 saturated heterocycles. The van der Waals surface area contributed by atoms with Crippen molar-refractivity contribution in [2.45, 2.75) is 24.4 Å². The number of rotatable bonds is 6. The number of piperazine rings is 1. The van der Waals surface area contributed by atoms with Crippen LogP contribution in [0.1, 0.15) is 16.7 Å². The number of hydrogen-bond acceptors (Lipinski definition) is 5. The van der Waals surface area contributed by atoms with E-state index in [9.17, 15) is 16.8 Å². The van der Waals surface area contributed by atoms with Crippen LogP contribution in [-0.4, -0.2) is 81.5 Å². The summed E-state index contributed by atoms with van der Waals surface area (Å²) in [5, 5.41) is 0. The van der Waals surface area contributed by atoms with Crippen LogP contribution in [0.15, 0.2) is 53.4 Å². The Morgan fingerprint density at radius 3 is 2.03 bits per heavy atom. The van der Waals surface area contributed by atoms with Crippen LogP contribution in [0.2, 0.25) is 0 Å². The van der Waals surface area contributed by atoms with Gasteiger partial charge in [0.05, 0.1) is 4.90 Å². The standard InChI is InChI=1S/C22H30N4O4S2/c1-23(2)32(29,30)25-15-13-24(14-16-25)17-19-7-9-22(10-8-19)31(27,28)26-12-11-20-5-3-4-6-21(20)18-26/h3-10H,11-18H2,1-2H3. The zero-order chi connectivity index (χ0) is 22.9. The molecule has 0 aromatic heterocycles. The molecule has 10 heteroatoms. The molecule has 1 fully saturated rings. The zero-order valence-corrected chi connectivity index (χ0v) is 20.1. The lowest BCUT2D eigenvalue weighted by atomic mass is 10.0. The van der Waals surface area contributed by atoms with Crippen molar-refractivity contribution >= 4 is 20.2 Å². The third-order valence-corrected chi connectivity index (χ3v) is 9.98. The van der Waals surface area contributed by atoms with E-state index in [1.54, 1.807) is 30.5 Å². The summed E-state index contributed by atoms with van der Waals surface area (Å²) >= 11 is 0. The first-order valence-corrected chi connectivity index (χ1v) is 13.6. The summed E-state index contributed by atoms with van der Waals surface area (Å²) in [5.74, 6) is 0. The van der Waals surface area contributed by atoms with Crippen LogP contribution in [0.4, 0.5) is 0 Å². The van der Waals surface area contributed by atoms with E-state index in [2.05, 4.69) is 11.0 Å². The Morgan fingerprint density at radius 2 is 1.41 bits per heavy atom. The van der Waals surface area contributed by atoms with Crippen LogP contribution >= 0.6 is 0 Å². The van der Waals surface area contributed by atoms with Crippen molar-refractivity contribution in [1.29, 1.82) is 0 Å². The summed E-state index contributed by atoms with van der Waals surface area (Å²) in [5.41, 5.74) is 3.29. The molecule has 2 aliphatic heterocycles. The molecule has 0 saturated carbocycles. The lowest BCUT2D eigenvalue weighted by molar-refractivity contribution is 0.177. The van der Waals surface area contributed by atoms with Crippen LogP contribution in [0.5, 0.6) is 0 Å². The largest absolute Gasteiger partial charge is 0.296 e. The van der Waals surface area contributed by atoms with Gasteiger partial charge >= 0.3 is 0 Å². The zero-order valence-electron chi connectivity index (χ0n) is 18.5. The molecule has 2 aromatic rings. The van der Waals surface area contributed by atoms with Gasteiger partial charge in [-0.2, -0.15) is 21.3 Å². The van der Waals surface area contributed by atoms with E-state index in [1.165, 1.54) is 14.2 Å². The molecule has 0 aliphatic carbocycles. The predicted octanol–water partition coefficient (Wildman–Crippen LogP) is 1.36. The molecule has 2 aliphatic rings. The van der Waals surface area contributed by atoms with Gasteiger partial charge in [-0.15, -0.1) is 0 Å². The highest BCUT2D eigenvalue weighted by Crippen LogP contribution is 2.25. The monoisotopic (exact) mass is 478 g/mol. The normalized spacial score (nSPS) is 19.2. The van der Waals surface area contributed by atoms with Gasteiger partial charge in [-0.05, 0) is 35.2 Å². The molecule has 32 heavy (non-hydrogen) atoms. The third-order valence-electron chi connectivity index (χ3n) is 6.18. The first kappa shape index (κ1) is 23.3. The van der Waals surface area contributed by atoms with E-state index in [-0.39, 0.29) is 0 Å². The van der Waals surface area contributed by atoms with Crippen molar-refractivity contribution in [2.75, 3.05) is 46.8 Å². The maximum atomic E-state index is 13.1. The van der Waals surface area contributed by atoms with Crippen molar-refractivity contribution in [3.63, 3.8) is 0 Å². The lowest BCUT2D eigenvalue weighted by Gasteiger charge is -2.35. The Bertz CT molecular complexity index is 1160. The van der Waals surface area contributed by atoms with E-state index >= 15 is 0 Å². The minimum atomic E-state index is -3.54. The second-order valence-electron chi connectivity index (χ2n) is 8.47. The molecular formula is C22H30N4O4S2. The van der Waals surface area contributed by atoms with Crippen LogP contribution in [0.3, 0.4) is 0 Å². The van der Waals surface area contributed by atoms with Gasteiger partial charge in [-0.3, -0.25) is 4.90 Å². The van der Waals surface area contributed by atoms with Gasteiger partial charge in [0.1, 0.15) is 0 Å². The molecule has 0 unspecified atom stereocenters. The second kappa shape index (κ2) is 9.20. The summed E-state index contributed by atoms with van der Waals surface area (Å²) in [6, 6.07) is 15.0.